The molecule has 0 radical (unpaired) electrons. The monoisotopic (exact) mass is 368 g/mol. The Kier molecular flexibility index (Phi) is 5.58. The average molecular weight is 368 g/mol. The molecule has 4 rings (SSSR count). The lowest BCUT2D eigenvalue weighted by molar-refractivity contribution is -0.145. The standard InChI is InChI=1S/C22H28N2O3/c25-21(23-12-8-18(9-13-23)17-5-2-1-3-6-17)19-10-14-24(15-11-19)22(26)20-7-4-16-27-20/h1-3,5-6,8,19-20H,4,7,9-16H2. The van der Waals surface area contributed by atoms with Crippen molar-refractivity contribution < 1.29 is 14.3 Å². The molecule has 0 aliphatic carbocycles. The van der Waals surface area contributed by atoms with Gasteiger partial charge in [-0.3, -0.25) is 9.59 Å². The van der Waals surface area contributed by atoms with Gasteiger partial charge in [0.2, 0.25) is 5.91 Å². The van der Waals surface area contributed by atoms with Crippen LogP contribution in [0.5, 0.6) is 0 Å². The molecule has 27 heavy (non-hydrogen) atoms. The van der Waals surface area contributed by atoms with Crippen molar-refractivity contribution in [1.29, 1.82) is 0 Å². The fourth-order valence-corrected chi connectivity index (χ4v) is 4.36. The van der Waals surface area contributed by atoms with Crippen molar-refractivity contribution in [3.8, 4) is 0 Å². The lowest BCUT2D eigenvalue weighted by Crippen LogP contribution is -2.47. The van der Waals surface area contributed by atoms with Crippen LogP contribution >= 0.6 is 0 Å². The van der Waals surface area contributed by atoms with Crippen LogP contribution in [0.3, 0.4) is 0 Å². The van der Waals surface area contributed by atoms with Crippen molar-refractivity contribution in [3.63, 3.8) is 0 Å². The van der Waals surface area contributed by atoms with Gasteiger partial charge >= 0.3 is 0 Å². The number of nitrogens with zero attached hydrogens (tertiary/aromatic N) is 2. The Morgan fingerprint density at radius 3 is 2.33 bits per heavy atom. The second-order valence-electron chi connectivity index (χ2n) is 7.73. The molecule has 2 fully saturated rings. The second-order valence-corrected chi connectivity index (χ2v) is 7.73. The van der Waals surface area contributed by atoms with Crippen LogP contribution in [0.15, 0.2) is 36.4 Å². The molecule has 0 spiro atoms. The van der Waals surface area contributed by atoms with Crippen molar-refractivity contribution in [2.24, 2.45) is 5.92 Å². The van der Waals surface area contributed by atoms with E-state index in [-0.39, 0.29) is 23.8 Å². The Balaban J connectivity index is 1.28. The van der Waals surface area contributed by atoms with Gasteiger partial charge in [-0.25, -0.2) is 0 Å². The van der Waals surface area contributed by atoms with E-state index in [4.69, 9.17) is 4.74 Å². The lowest BCUT2D eigenvalue weighted by atomic mass is 9.93. The van der Waals surface area contributed by atoms with E-state index in [0.717, 1.165) is 38.6 Å². The zero-order valence-electron chi connectivity index (χ0n) is 15.8. The molecule has 3 heterocycles. The first kappa shape index (κ1) is 18.2. The number of carbonyl (C=O) groups excluding carboxylic acids is 2. The van der Waals surface area contributed by atoms with Crippen LogP contribution in [-0.2, 0) is 14.3 Å². The second kappa shape index (κ2) is 8.26. The SMILES string of the molecule is O=C(C1CCN(C(=O)C2CCCO2)CC1)N1CC=C(c2ccccc2)CC1. The molecule has 2 amide bonds. The maximum atomic E-state index is 12.9. The number of hydrogen-bond acceptors (Lipinski definition) is 3. The Bertz CT molecular complexity index is 702. The Morgan fingerprint density at radius 1 is 0.926 bits per heavy atom. The van der Waals surface area contributed by atoms with Crippen LogP contribution < -0.4 is 0 Å². The average Bonchev–Trinajstić information content (AvgIpc) is 3.28. The molecule has 1 atom stereocenters. The fraction of sp³-hybridized carbons (Fsp3) is 0.545. The van der Waals surface area contributed by atoms with Gasteiger partial charge in [0.1, 0.15) is 6.10 Å². The quantitative estimate of drug-likeness (QED) is 0.824. The van der Waals surface area contributed by atoms with Crippen molar-refractivity contribution in [1.82, 2.24) is 9.80 Å². The summed E-state index contributed by atoms with van der Waals surface area (Å²) < 4.78 is 5.51. The number of hydrogen-bond donors (Lipinski definition) is 0. The summed E-state index contributed by atoms with van der Waals surface area (Å²) in [4.78, 5) is 29.2. The summed E-state index contributed by atoms with van der Waals surface area (Å²) in [6.07, 6.45) is 6.19. The van der Waals surface area contributed by atoms with E-state index >= 15 is 0 Å². The molecule has 1 aromatic carbocycles. The van der Waals surface area contributed by atoms with Crippen LogP contribution in [0.25, 0.3) is 5.57 Å². The largest absolute Gasteiger partial charge is 0.368 e. The highest BCUT2D eigenvalue weighted by Crippen LogP contribution is 2.26. The summed E-state index contributed by atoms with van der Waals surface area (Å²) in [5.74, 6) is 0.416. The summed E-state index contributed by atoms with van der Waals surface area (Å²) in [7, 11) is 0. The molecule has 0 saturated carbocycles. The van der Waals surface area contributed by atoms with Gasteiger partial charge in [0.25, 0.3) is 5.91 Å². The highest BCUT2D eigenvalue weighted by Gasteiger charge is 2.34. The van der Waals surface area contributed by atoms with E-state index in [1.807, 2.05) is 15.9 Å². The van der Waals surface area contributed by atoms with E-state index in [9.17, 15) is 9.59 Å². The molecule has 0 N–H and O–H groups in total. The molecule has 5 nitrogen and oxygen atoms in total. The van der Waals surface area contributed by atoms with E-state index in [1.54, 1.807) is 0 Å². The van der Waals surface area contributed by atoms with Crippen LogP contribution in [0.2, 0.25) is 0 Å². The summed E-state index contributed by atoms with van der Waals surface area (Å²) >= 11 is 0. The summed E-state index contributed by atoms with van der Waals surface area (Å²) in [6.45, 7) is 3.52. The third kappa shape index (κ3) is 4.08. The minimum Gasteiger partial charge on any atom is -0.368 e. The van der Waals surface area contributed by atoms with Gasteiger partial charge in [-0.2, -0.15) is 0 Å². The van der Waals surface area contributed by atoms with Gasteiger partial charge in [0.15, 0.2) is 0 Å². The molecule has 5 heteroatoms. The highest BCUT2D eigenvalue weighted by atomic mass is 16.5. The molecular weight excluding hydrogens is 340 g/mol. The smallest absolute Gasteiger partial charge is 0.251 e. The van der Waals surface area contributed by atoms with Crippen LogP contribution in [0.4, 0.5) is 0 Å². The maximum absolute atomic E-state index is 12.9. The van der Waals surface area contributed by atoms with E-state index in [2.05, 4.69) is 30.3 Å². The van der Waals surface area contributed by atoms with E-state index in [0.29, 0.717) is 26.2 Å². The molecular formula is C22H28N2O3. The maximum Gasteiger partial charge on any atom is 0.251 e. The zero-order valence-corrected chi connectivity index (χ0v) is 15.8. The lowest BCUT2D eigenvalue weighted by Gasteiger charge is -2.36. The first-order chi connectivity index (χ1) is 13.2. The minimum atomic E-state index is -0.249. The summed E-state index contributed by atoms with van der Waals surface area (Å²) in [5.41, 5.74) is 2.59. The normalized spacial score (nSPS) is 24.0. The van der Waals surface area contributed by atoms with E-state index < -0.39 is 0 Å². The molecule has 0 bridgehead atoms. The first-order valence-electron chi connectivity index (χ1n) is 10.2. The Morgan fingerprint density at radius 2 is 1.70 bits per heavy atom. The third-order valence-electron chi connectivity index (χ3n) is 6.03. The minimum absolute atomic E-state index is 0.0465. The molecule has 3 aliphatic rings. The molecule has 1 unspecified atom stereocenters. The zero-order chi connectivity index (χ0) is 18.6. The number of carbonyl (C=O) groups is 2. The molecule has 1 aromatic rings. The van der Waals surface area contributed by atoms with Gasteiger partial charge < -0.3 is 14.5 Å². The molecule has 3 aliphatic heterocycles. The Labute approximate surface area is 161 Å². The van der Waals surface area contributed by atoms with Gasteiger partial charge in [0, 0.05) is 38.7 Å². The van der Waals surface area contributed by atoms with Crippen molar-refractivity contribution in [3.05, 3.63) is 42.0 Å². The number of likely N-dealkylation sites (tertiary alicyclic amines) is 1. The number of benzene rings is 1. The molecule has 2 saturated heterocycles. The number of rotatable bonds is 3. The number of piperidine rings is 1. The Hall–Kier alpha value is -2.14. The first-order valence-corrected chi connectivity index (χ1v) is 10.2. The van der Waals surface area contributed by atoms with Crippen molar-refractivity contribution in [2.75, 3.05) is 32.8 Å². The van der Waals surface area contributed by atoms with Gasteiger partial charge in [-0.15, -0.1) is 0 Å². The van der Waals surface area contributed by atoms with Gasteiger partial charge in [-0.1, -0.05) is 36.4 Å². The molecule has 0 aromatic heterocycles. The topological polar surface area (TPSA) is 49.9 Å². The van der Waals surface area contributed by atoms with Crippen LogP contribution in [0, 0.1) is 5.92 Å². The predicted octanol–water partition coefficient (Wildman–Crippen LogP) is 2.72. The van der Waals surface area contributed by atoms with E-state index in [1.165, 1.54) is 11.1 Å². The highest BCUT2D eigenvalue weighted by molar-refractivity contribution is 5.83. The summed E-state index contributed by atoms with van der Waals surface area (Å²) in [5, 5.41) is 0. The molecule has 144 valence electrons. The van der Waals surface area contributed by atoms with Crippen LogP contribution in [-0.4, -0.2) is 60.5 Å². The van der Waals surface area contributed by atoms with Gasteiger partial charge in [-0.05, 0) is 43.2 Å². The third-order valence-corrected chi connectivity index (χ3v) is 6.03. The predicted molar refractivity (Wildman–Crippen MR) is 104 cm³/mol. The number of ether oxygens (including phenoxy) is 1. The number of amides is 2. The van der Waals surface area contributed by atoms with Crippen LogP contribution in [0.1, 0.15) is 37.7 Å². The summed E-state index contributed by atoms with van der Waals surface area (Å²) in [6, 6.07) is 10.4. The van der Waals surface area contributed by atoms with Crippen molar-refractivity contribution in [2.45, 2.75) is 38.2 Å². The fourth-order valence-electron chi connectivity index (χ4n) is 4.36. The van der Waals surface area contributed by atoms with Crippen molar-refractivity contribution >= 4 is 17.4 Å². The van der Waals surface area contributed by atoms with Gasteiger partial charge in [0.05, 0.1) is 0 Å².